The summed E-state index contributed by atoms with van der Waals surface area (Å²) in [7, 11) is 1.48. The van der Waals surface area contributed by atoms with Gasteiger partial charge in [0.25, 0.3) is 5.91 Å². The molecule has 0 saturated carbocycles. The van der Waals surface area contributed by atoms with Gasteiger partial charge in [0.15, 0.2) is 5.69 Å². The number of nitrogens with one attached hydrogen (secondary N) is 1. The molecule has 0 spiro atoms. The van der Waals surface area contributed by atoms with Gasteiger partial charge in [-0.2, -0.15) is 4.98 Å². The molecule has 9 heteroatoms. The smallest absolute Gasteiger partial charge is 0.255 e. The lowest BCUT2D eigenvalue weighted by molar-refractivity contribution is 0.0943. The first-order valence-corrected chi connectivity index (χ1v) is 7.32. The van der Waals surface area contributed by atoms with Crippen LogP contribution in [0, 0.1) is 6.92 Å². The topological polar surface area (TPSA) is 103 Å². The van der Waals surface area contributed by atoms with Gasteiger partial charge in [0.1, 0.15) is 11.5 Å². The molecule has 24 heavy (non-hydrogen) atoms. The lowest BCUT2D eigenvalue weighted by atomic mass is 10.2. The van der Waals surface area contributed by atoms with Crippen LogP contribution in [-0.2, 0) is 6.54 Å². The number of benzene rings is 1. The maximum absolute atomic E-state index is 12.3. The van der Waals surface area contributed by atoms with Crippen LogP contribution >= 0.6 is 11.6 Å². The molecule has 1 N–H and O–H groups in total. The highest BCUT2D eigenvalue weighted by atomic mass is 35.5. The van der Waals surface area contributed by atoms with Crippen LogP contribution in [0.5, 0.6) is 5.75 Å². The van der Waals surface area contributed by atoms with Crippen LogP contribution in [0.2, 0.25) is 5.02 Å². The predicted octanol–water partition coefficient (Wildman–Crippen LogP) is 2.63. The Morgan fingerprint density at radius 2 is 2.12 bits per heavy atom. The Labute approximate surface area is 141 Å². The van der Waals surface area contributed by atoms with E-state index in [0.29, 0.717) is 27.8 Å². The summed E-state index contributed by atoms with van der Waals surface area (Å²) in [5.41, 5.74) is 0.780. The van der Waals surface area contributed by atoms with E-state index in [-0.39, 0.29) is 24.2 Å². The summed E-state index contributed by atoms with van der Waals surface area (Å²) in [6.07, 6.45) is 0. The summed E-state index contributed by atoms with van der Waals surface area (Å²) in [6, 6.07) is 6.47. The Morgan fingerprint density at radius 3 is 2.83 bits per heavy atom. The Morgan fingerprint density at radius 1 is 1.29 bits per heavy atom. The van der Waals surface area contributed by atoms with Crippen molar-refractivity contribution in [1.82, 2.24) is 20.6 Å². The van der Waals surface area contributed by atoms with Crippen molar-refractivity contribution in [2.24, 2.45) is 0 Å². The fourth-order valence-electron chi connectivity index (χ4n) is 2.01. The SMILES string of the molecule is COc1ccc(Cl)cc1C(=O)NCc1nc(-c2cc(C)on2)no1. The van der Waals surface area contributed by atoms with E-state index in [2.05, 4.69) is 20.6 Å². The van der Waals surface area contributed by atoms with Crippen LogP contribution in [0.1, 0.15) is 22.0 Å². The number of hydrogen-bond acceptors (Lipinski definition) is 7. The Bertz CT molecular complexity index is 874. The fraction of sp³-hybridized carbons (Fsp3) is 0.200. The number of carbonyl (C=O) groups is 1. The van der Waals surface area contributed by atoms with Gasteiger partial charge >= 0.3 is 0 Å². The molecule has 0 aliphatic heterocycles. The lowest BCUT2D eigenvalue weighted by Gasteiger charge is -2.08. The molecule has 0 unspecified atom stereocenters. The second-order valence-corrected chi connectivity index (χ2v) is 5.30. The van der Waals surface area contributed by atoms with Gasteiger partial charge in [-0.3, -0.25) is 4.79 Å². The number of aryl methyl sites for hydroxylation is 1. The van der Waals surface area contributed by atoms with Crippen molar-refractivity contribution in [3.63, 3.8) is 0 Å². The lowest BCUT2D eigenvalue weighted by Crippen LogP contribution is -2.23. The van der Waals surface area contributed by atoms with Gasteiger partial charge in [-0.15, -0.1) is 0 Å². The summed E-state index contributed by atoms with van der Waals surface area (Å²) < 4.78 is 15.2. The zero-order valence-corrected chi connectivity index (χ0v) is 13.6. The number of carbonyl (C=O) groups excluding carboxylic acids is 1. The zero-order valence-electron chi connectivity index (χ0n) is 12.9. The molecule has 2 aromatic heterocycles. The van der Waals surface area contributed by atoms with Crippen molar-refractivity contribution >= 4 is 17.5 Å². The molecule has 0 fully saturated rings. The molecular formula is C15H13ClN4O4. The van der Waals surface area contributed by atoms with Gasteiger partial charge in [-0.25, -0.2) is 0 Å². The van der Waals surface area contributed by atoms with E-state index in [1.54, 1.807) is 25.1 Å². The second kappa shape index (κ2) is 6.71. The maximum atomic E-state index is 12.3. The largest absolute Gasteiger partial charge is 0.496 e. The van der Waals surface area contributed by atoms with Crippen molar-refractivity contribution in [2.45, 2.75) is 13.5 Å². The van der Waals surface area contributed by atoms with E-state index in [4.69, 9.17) is 25.4 Å². The first-order chi connectivity index (χ1) is 11.6. The number of halogens is 1. The molecular weight excluding hydrogens is 336 g/mol. The number of hydrogen-bond donors (Lipinski definition) is 1. The van der Waals surface area contributed by atoms with Crippen LogP contribution < -0.4 is 10.1 Å². The summed E-state index contributed by atoms with van der Waals surface area (Å²) in [4.78, 5) is 16.4. The van der Waals surface area contributed by atoms with E-state index in [9.17, 15) is 4.79 Å². The normalized spacial score (nSPS) is 10.6. The van der Waals surface area contributed by atoms with Crippen molar-refractivity contribution in [1.29, 1.82) is 0 Å². The minimum atomic E-state index is -0.369. The zero-order chi connectivity index (χ0) is 17.1. The second-order valence-electron chi connectivity index (χ2n) is 4.86. The van der Waals surface area contributed by atoms with Gasteiger partial charge in [0, 0.05) is 11.1 Å². The molecule has 0 aliphatic rings. The fourth-order valence-corrected chi connectivity index (χ4v) is 2.18. The number of amides is 1. The van der Waals surface area contributed by atoms with Crippen LogP contribution in [-0.4, -0.2) is 28.3 Å². The van der Waals surface area contributed by atoms with E-state index in [0.717, 1.165) is 0 Å². The predicted molar refractivity (Wildman–Crippen MR) is 83.7 cm³/mol. The highest BCUT2D eigenvalue weighted by molar-refractivity contribution is 6.31. The highest BCUT2D eigenvalue weighted by Gasteiger charge is 2.16. The van der Waals surface area contributed by atoms with Gasteiger partial charge in [0.2, 0.25) is 11.7 Å². The number of methoxy groups -OCH3 is 1. The average Bonchev–Trinajstić information content (AvgIpc) is 3.21. The number of rotatable bonds is 5. The Hall–Kier alpha value is -2.87. The first-order valence-electron chi connectivity index (χ1n) is 6.95. The van der Waals surface area contributed by atoms with Gasteiger partial charge in [-0.05, 0) is 25.1 Å². The van der Waals surface area contributed by atoms with Crippen molar-refractivity contribution < 1.29 is 18.6 Å². The molecule has 124 valence electrons. The van der Waals surface area contributed by atoms with E-state index in [1.165, 1.54) is 13.2 Å². The Kier molecular flexibility index (Phi) is 4.48. The van der Waals surface area contributed by atoms with E-state index < -0.39 is 0 Å². The third kappa shape index (κ3) is 3.38. The minimum absolute atomic E-state index is 0.0539. The molecule has 8 nitrogen and oxygen atoms in total. The van der Waals surface area contributed by atoms with Crippen LogP contribution in [0.4, 0.5) is 0 Å². The van der Waals surface area contributed by atoms with Crippen molar-refractivity contribution in [2.75, 3.05) is 7.11 Å². The molecule has 3 rings (SSSR count). The summed E-state index contributed by atoms with van der Waals surface area (Å²) >= 11 is 5.92. The molecule has 0 atom stereocenters. The minimum Gasteiger partial charge on any atom is -0.496 e. The number of ether oxygens (including phenoxy) is 1. The third-order valence-electron chi connectivity index (χ3n) is 3.13. The van der Waals surface area contributed by atoms with E-state index >= 15 is 0 Å². The van der Waals surface area contributed by atoms with Gasteiger partial charge < -0.3 is 19.1 Å². The van der Waals surface area contributed by atoms with Crippen LogP contribution in [0.15, 0.2) is 33.3 Å². The monoisotopic (exact) mass is 348 g/mol. The molecule has 0 aliphatic carbocycles. The Balaban J connectivity index is 1.69. The maximum Gasteiger partial charge on any atom is 0.255 e. The standard InChI is InChI=1S/C15H13ClN4O4/c1-8-5-11(19-23-8)14-18-13(24-20-14)7-17-15(21)10-6-9(16)3-4-12(10)22-2/h3-6H,7H2,1-2H3,(H,17,21). The van der Waals surface area contributed by atoms with Crippen LogP contribution in [0.3, 0.4) is 0 Å². The molecule has 1 aromatic carbocycles. The van der Waals surface area contributed by atoms with Crippen LogP contribution in [0.25, 0.3) is 11.5 Å². The summed E-state index contributed by atoms with van der Waals surface area (Å²) in [5.74, 6) is 1.21. The molecule has 3 aromatic rings. The molecule has 2 heterocycles. The average molecular weight is 349 g/mol. The molecule has 0 bridgehead atoms. The summed E-state index contributed by atoms with van der Waals surface area (Å²) in [6.45, 7) is 1.81. The quantitative estimate of drug-likeness (QED) is 0.755. The molecule has 0 radical (unpaired) electrons. The first kappa shape index (κ1) is 16.0. The van der Waals surface area contributed by atoms with E-state index in [1.807, 2.05) is 0 Å². The number of nitrogens with zero attached hydrogens (tertiary/aromatic N) is 3. The van der Waals surface area contributed by atoms with Gasteiger partial charge in [0.05, 0.1) is 19.2 Å². The highest BCUT2D eigenvalue weighted by Crippen LogP contribution is 2.22. The third-order valence-corrected chi connectivity index (χ3v) is 3.37. The van der Waals surface area contributed by atoms with Gasteiger partial charge in [-0.1, -0.05) is 21.9 Å². The molecule has 0 saturated heterocycles. The summed E-state index contributed by atoms with van der Waals surface area (Å²) in [5, 5.41) is 10.7. The van der Waals surface area contributed by atoms with Crippen molar-refractivity contribution in [3.05, 3.63) is 46.5 Å². The van der Waals surface area contributed by atoms with Crippen molar-refractivity contribution in [3.8, 4) is 17.3 Å². The molecule has 1 amide bonds. The number of aromatic nitrogens is 3.